The number of benzene rings is 1. The normalized spacial score (nSPS) is 17.5. The molecular weight excluding hydrogens is 431 g/mol. The van der Waals surface area contributed by atoms with E-state index in [1.165, 1.54) is 12.3 Å². The number of nitrogen functional groups attached to an aromatic ring is 1. The molecule has 6 nitrogen and oxygen atoms in total. The Bertz CT molecular complexity index is 1460. The molecule has 3 aromatic heterocycles. The highest BCUT2D eigenvalue weighted by molar-refractivity contribution is 5.90. The van der Waals surface area contributed by atoms with Crippen LogP contribution < -0.4 is 5.73 Å². The largest absolute Gasteiger partial charge is 0.434 e. The van der Waals surface area contributed by atoms with Gasteiger partial charge in [0.2, 0.25) is 0 Å². The van der Waals surface area contributed by atoms with Gasteiger partial charge in [0.15, 0.2) is 17.1 Å². The monoisotopic (exact) mass is 447 g/mol. The average molecular weight is 447 g/mol. The van der Waals surface area contributed by atoms with Gasteiger partial charge in [-0.2, -0.15) is 13.2 Å². The molecule has 0 fully saturated rings. The van der Waals surface area contributed by atoms with E-state index in [1.54, 1.807) is 30.5 Å². The Balaban J connectivity index is 1.58. The molecule has 164 valence electrons. The fraction of sp³-hybridized carbons (Fsp3) is 0.167. The van der Waals surface area contributed by atoms with E-state index in [-0.39, 0.29) is 22.5 Å². The topological polar surface area (TPSA) is 97.8 Å². The maximum atomic E-state index is 13.7. The molecule has 3 N–H and O–H groups in total. The second kappa shape index (κ2) is 7.53. The molecule has 33 heavy (non-hydrogen) atoms. The van der Waals surface area contributed by atoms with Crippen molar-refractivity contribution in [2.75, 3.05) is 5.73 Å². The van der Waals surface area contributed by atoms with Crippen LogP contribution in [0.1, 0.15) is 28.9 Å². The number of aromatic nitrogens is 4. The van der Waals surface area contributed by atoms with Crippen LogP contribution in [0.2, 0.25) is 0 Å². The van der Waals surface area contributed by atoms with Gasteiger partial charge in [-0.1, -0.05) is 30.0 Å². The smallest absolute Gasteiger partial charge is 0.382 e. The number of hydrogen-bond donors (Lipinski definition) is 2. The highest BCUT2D eigenvalue weighted by Crippen LogP contribution is 2.36. The van der Waals surface area contributed by atoms with Gasteiger partial charge in [-0.3, -0.25) is 4.98 Å². The second-order valence-electron chi connectivity index (χ2n) is 7.69. The van der Waals surface area contributed by atoms with Gasteiger partial charge < -0.3 is 10.8 Å². The molecule has 1 atom stereocenters. The molecule has 0 saturated heterocycles. The molecule has 9 heteroatoms. The van der Waals surface area contributed by atoms with Crippen molar-refractivity contribution in [2.24, 2.45) is 0 Å². The van der Waals surface area contributed by atoms with Gasteiger partial charge in [-0.25, -0.2) is 15.0 Å². The summed E-state index contributed by atoms with van der Waals surface area (Å²) >= 11 is 0. The van der Waals surface area contributed by atoms with Crippen LogP contribution >= 0.6 is 0 Å². The summed E-state index contributed by atoms with van der Waals surface area (Å²) < 4.78 is 41.0. The summed E-state index contributed by atoms with van der Waals surface area (Å²) in [6, 6.07) is 11.4. The number of anilines is 1. The predicted molar refractivity (Wildman–Crippen MR) is 116 cm³/mol. The lowest BCUT2D eigenvalue weighted by atomic mass is 10.0. The van der Waals surface area contributed by atoms with Gasteiger partial charge in [0.1, 0.15) is 11.3 Å². The molecule has 5 rings (SSSR count). The van der Waals surface area contributed by atoms with Crippen LogP contribution in [0.15, 0.2) is 54.9 Å². The summed E-state index contributed by atoms with van der Waals surface area (Å²) in [7, 11) is 0. The molecule has 0 aliphatic heterocycles. The van der Waals surface area contributed by atoms with E-state index in [1.807, 2.05) is 12.1 Å². The van der Waals surface area contributed by atoms with E-state index in [2.05, 4.69) is 31.8 Å². The van der Waals surface area contributed by atoms with E-state index in [4.69, 9.17) is 5.73 Å². The van der Waals surface area contributed by atoms with Gasteiger partial charge >= 0.3 is 6.18 Å². The number of nitrogens with zero attached hydrogens (tertiary/aromatic N) is 4. The van der Waals surface area contributed by atoms with Crippen LogP contribution in [0.3, 0.4) is 0 Å². The molecule has 1 aliphatic carbocycles. The molecule has 0 saturated carbocycles. The Morgan fingerprint density at radius 3 is 2.70 bits per heavy atom. The summed E-state index contributed by atoms with van der Waals surface area (Å²) in [4.78, 5) is 16.1. The third-order valence-corrected chi connectivity index (χ3v) is 5.49. The quantitative estimate of drug-likeness (QED) is 0.430. The van der Waals surface area contributed by atoms with E-state index in [0.29, 0.717) is 29.7 Å². The number of aryl methyl sites for hydroxylation is 1. The molecule has 4 aromatic rings. The number of aliphatic hydroxyl groups is 1. The van der Waals surface area contributed by atoms with Gasteiger partial charge in [-0.05, 0) is 42.7 Å². The summed E-state index contributed by atoms with van der Waals surface area (Å²) in [6.45, 7) is 0. The predicted octanol–water partition coefficient (Wildman–Crippen LogP) is 3.87. The van der Waals surface area contributed by atoms with Crippen molar-refractivity contribution in [2.45, 2.75) is 24.6 Å². The van der Waals surface area contributed by atoms with Crippen molar-refractivity contribution in [3.8, 4) is 23.2 Å². The minimum Gasteiger partial charge on any atom is -0.382 e. The van der Waals surface area contributed by atoms with Crippen LogP contribution in [0.25, 0.3) is 22.3 Å². The number of rotatable bonds is 1. The maximum absolute atomic E-state index is 13.7. The number of pyridine rings is 2. The van der Waals surface area contributed by atoms with E-state index >= 15 is 0 Å². The Morgan fingerprint density at radius 1 is 1.03 bits per heavy atom. The number of nitrogens with two attached hydrogens (primary N) is 1. The Hall–Kier alpha value is -4.03. The Labute approximate surface area is 186 Å². The number of hydrogen-bond acceptors (Lipinski definition) is 6. The van der Waals surface area contributed by atoms with Crippen LogP contribution in [0.5, 0.6) is 0 Å². The summed E-state index contributed by atoms with van der Waals surface area (Å²) in [5.74, 6) is 5.53. The highest BCUT2D eigenvalue weighted by Gasteiger charge is 2.37. The molecule has 1 aromatic carbocycles. The van der Waals surface area contributed by atoms with Gasteiger partial charge in [0.05, 0.1) is 5.69 Å². The highest BCUT2D eigenvalue weighted by atomic mass is 19.4. The summed E-state index contributed by atoms with van der Waals surface area (Å²) in [5, 5.41) is 10.7. The van der Waals surface area contributed by atoms with Crippen molar-refractivity contribution in [1.29, 1.82) is 0 Å². The zero-order valence-corrected chi connectivity index (χ0v) is 17.1. The summed E-state index contributed by atoms with van der Waals surface area (Å²) in [6.07, 6.45) is -0.830. The summed E-state index contributed by atoms with van der Waals surface area (Å²) in [5.41, 5.74) is 5.54. The molecule has 0 amide bonds. The number of alkyl halides is 3. The van der Waals surface area contributed by atoms with Crippen molar-refractivity contribution in [3.63, 3.8) is 0 Å². The molecule has 0 radical (unpaired) electrons. The Kier molecular flexibility index (Phi) is 4.76. The first kappa shape index (κ1) is 20.8. The van der Waals surface area contributed by atoms with Gasteiger partial charge in [-0.15, -0.1) is 0 Å². The van der Waals surface area contributed by atoms with Crippen LogP contribution in [-0.2, 0) is 18.2 Å². The van der Waals surface area contributed by atoms with Crippen molar-refractivity contribution < 1.29 is 18.3 Å². The third-order valence-electron chi connectivity index (χ3n) is 5.49. The first-order chi connectivity index (χ1) is 15.7. The van der Waals surface area contributed by atoms with Crippen molar-refractivity contribution >= 4 is 16.7 Å². The maximum Gasteiger partial charge on any atom is 0.434 e. The van der Waals surface area contributed by atoms with Crippen molar-refractivity contribution in [3.05, 3.63) is 77.4 Å². The molecule has 0 spiro atoms. The standard InChI is InChI=1S/C24H16F3N5O/c25-24(26,27)20-17-8-12-30-21(28)18(17)31-22(32-20)16-4-1-3-14(13-16)6-9-23(33)10-7-15-5-2-11-29-19(15)23/h1-5,8,11-13,33H,7,10H2,(H2,28,30)/t23-/m0/s1. The first-order valence-electron chi connectivity index (χ1n) is 10.0. The van der Waals surface area contributed by atoms with Crippen LogP contribution in [0.4, 0.5) is 19.0 Å². The van der Waals surface area contributed by atoms with Crippen LogP contribution in [0, 0.1) is 11.8 Å². The van der Waals surface area contributed by atoms with Crippen LogP contribution in [-0.4, -0.2) is 25.0 Å². The third kappa shape index (κ3) is 3.75. The molecule has 0 unspecified atom stereocenters. The fourth-order valence-electron chi connectivity index (χ4n) is 3.90. The van der Waals surface area contributed by atoms with E-state index in [0.717, 1.165) is 5.56 Å². The first-order valence-corrected chi connectivity index (χ1v) is 10.0. The van der Waals surface area contributed by atoms with Gasteiger partial charge in [0, 0.05) is 28.9 Å². The zero-order valence-electron chi connectivity index (χ0n) is 17.1. The minimum atomic E-state index is -4.70. The lowest BCUT2D eigenvalue weighted by Crippen LogP contribution is -2.20. The molecule has 1 aliphatic rings. The Morgan fingerprint density at radius 2 is 1.88 bits per heavy atom. The average Bonchev–Trinajstić information content (AvgIpc) is 3.14. The number of fused-ring (bicyclic) bond motifs is 2. The molecule has 0 bridgehead atoms. The van der Waals surface area contributed by atoms with Gasteiger partial charge in [0.25, 0.3) is 0 Å². The lowest BCUT2D eigenvalue weighted by Gasteiger charge is -2.15. The second-order valence-corrected chi connectivity index (χ2v) is 7.69. The molecule has 3 heterocycles. The SMILES string of the molecule is Nc1nccc2c(C(F)(F)F)nc(-c3cccc(C#C[C@]4(O)CCc5cccnc54)c3)nc12. The fourth-order valence-corrected chi connectivity index (χ4v) is 3.90. The number of halogens is 3. The van der Waals surface area contributed by atoms with E-state index in [9.17, 15) is 18.3 Å². The lowest BCUT2D eigenvalue weighted by molar-refractivity contribution is -0.139. The minimum absolute atomic E-state index is 0.0748. The zero-order chi connectivity index (χ0) is 23.2. The van der Waals surface area contributed by atoms with E-state index < -0.39 is 17.5 Å². The van der Waals surface area contributed by atoms with Crippen molar-refractivity contribution in [1.82, 2.24) is 19.9 Å². The molecular formula is C24H16F3N5O.